The Kier molecular flexibility index (Phi) is 5.16. The predicted molar refractivity (Wildman–Crippen MR) is 108 cm³/mol. The minimum atomic E-state index is -0.0736. The number of hydrogen-bond donors (Lipinski definition) is 1. The minimum absolute atomic E-state index is 0.0736. The Balaban J connectivity index is 1.68. The topological polar surface area (TPSA) is 51.2 Å². The van der Waals surface area contributed by atoms with Crippen molar-refractivity contribution in [3.05, 3.63) is 65.7 Å². The Morgan fingerprint density at radius 1 is 1.19 bits per heavy atom. The molecule has 4 heteroatoms. The number of para-hydroxylation sites is 1. The average molecular weight is 360 g/mol. The highest BCUT2D eigenvalue weighted by molar-refractivity contribution is 6.07. The summed E-state index contributed by atoms with van der Waals surface area (Å²) in [6, 6.07) is 18.1. The van der Waals surface area contributed by atoms with Crippen LogP contribution in [0, 0.1) is 0 Å². The van der Waals surface area contributed by atoms with E-state index in [0.717, 1.165) is 48.0 Å². The first-order valence-electron chi connectivity index (χ1n) is 9.63. The smallest absolute Gasteiger partial charge is 0.252 e. The molecule has 1 N–H and O–H groups in total. The standard InChI is InChI=1S/C23H24N2O2/c1-2-16-9-11-17(12-10-16)22-14-20(19-7-3-4-8-21(19)25-22)23(26)24-15-18-6-5-13-27-18/h3-4,7-12,14,18H,2,5-6,13,15H2,1H3,(H,24,26)/t18-/m0/s1. The maximum Gasteiger partial charge on any atom is 0.252 e. The SMILES string of the molecule is CCc1ccc(-c2cc(C(=O)NC[C@@H]3CCCO3)c3ccccc3n2)cc1. The molecule has 0 radical (unpaired) electrons. The Bertz CT molecular complexity index is 944. The van der Waals surface area contributed by atoms with Gasteiger partial charge in [-0.15, -0.1) is 0 Å². The summed E-state index contributed by atoms with van der Waals surface area (Å²) in [5.41, 5.74) is 4.61. The molecule has 1 fully saturated rings. The van der Waals surface area contributed by atoms with Crippen LogP contribution < -0.4 is 5.32 Å². The lowest BCUT2D eigenvalue weighted by Gasteiger charge is -2.13. The summed E-state index contributed by atoms with van der Waals surface area (Å²) in [7, 11) is 0. The fourth-order valence-electron chi connectivity index (χ4n) is 3.53. The zero-order valence-corrected chi connectivity index (χ0v) is 15.6. The van der Waals surface area contributed by atoms with Crippen LogP contribution in [0.4, 0.5) is 0 Å². The van der Waals surface area contributed by atoms with Gasteiger partial charge in [-0.05, 0) is 37.0 Å². The molecule has 0 unspecified atom stereocenters. The summed E-state index contributed by atoms with van der Waals surface area (Å²) in [5, 5.41) is 3.91. The monoisotopic (exact) mass is 360 g/mol. The zero-order chi connectivity index (χ0) is 18.6. The quantitative estimate of drug-likeness (QED) is 0.735. The van der Waals surface area contributed by atoms with Gasteiger partial charge in [-0.1, -0.05) is 49.4 Å². The van der Waals surface area contributed by atoms with E-state index in [4.69, 9.17) is 9.72 Å². The third kappa shape index (κ3) is 3.86. The van der Waals surface area contributed by atoms with Crippen molar-refractivity contribution in [1.82, 2.24) is 10.3 Å². The molecule has 4 nitrogen and oxygen atoms in total. The Morgan fingerprint density at radius 3 is 2.74 bits per heavy atom. The second-order valence-corrected chi connectivity index (χ2v) is 6.97. The van der Waals surface area contributed by atoms with Crippen LogP contribution in [0.5, 0.6) is 0 Å². The van der Waals surface area contributed by atoms with Gasteiger partial charge in [-0.2, -0.15) is 0 Å². The molecule has 0 bridgehead atoms. The van der Waals surface area contributed by atoms with E-state index >= 15 is 0 Å². The van der Waals surface area contributed by atoms with Crippen LogP contribution in [0.2, 0.25) is 0 Å². The number of fused-ring (bicyclic) bond motifs is 1. The van der Waals surface area contributed by atoms with Gasteiger partial charge in [-0.3, -0.25) is 4.79 Å². The molecule has 1 saturated heterocycles. The highest BCUT2D eigenvalue weighted by atomic mass is 16.5. The van der Waals surface area contributed by atoms with Crippen LogP contribution in [0.3, 0.4) is 0 Å². The predicted octanol–water partition coefficient (Wildman–Crippen LogP) is 4.37. The van der Waals surface area contributed by atoms with Gasteiger partial charge in [0.2, 0.25) is 0 Å². The van der Waals surface area contributed by atoms with E-state index in [1.807, 2.05) is 30.3 Å². The van der Waals surface area contributed by atoms with E-state index in [-0.39, 0.29) is 12.0 Å². The molecular formula is C23H24N2O2. The van der Waals surface area contributed by atoms with Crippen molar-refractivity contribution in [2.45, 2.75) is 32.3 Å². The van der Waals surface area contributed by atoms with Crippen LogP contribution >= 0.6 is 0 Å². The number of nitrogens with zero attached hydrogens (tertiary/aromatic N) is 1. The molecule has 2 aromatic carbocycles. The number of carbonyl (C=O) groups is 1. The fourth-order valence-corrected chi connectivity index (χ4v) is 3.53. The summed E-state index contributed by atoms with van der Waals surface area (Å²) < 4.78 is 5.61. The van der Waals surface area contributed by atoms with E-state index in [9.17, 15) is 4.79 Å². The van der Waals surface area contributed by atoms with E-state index < -0.39 is 0 Å². The second-order valence-electron chi connectivity index (χ2n) is 6.97. The number of pyridine rings is 1. The van der Waals surface area contributed by atoms with Crippen molar-refractivity contribution >= 4 is 16.8 Å². The highest BCUT2D eigenvalue weighted by Gasteiger charge is 2.18. The molecule has 1 aliphatic heterocycles. The molecule has 1 aromatic heterocycles. The Labute approximate surface area is 159 Å². The molecule has 2 heterocycles. The maximum atomic E-state index is 12.9. The van der Waals surface area contributed by atoms with Crippen molar-refractivity contribution in [2.75, 3.05) is 13.2 Å². The van der Waals surface area contributed by atoms with Crippen LogP contribution in [0.15, 0.2) is 54.6 Å². The Hall–Kier alpha value is -2.72. The molecule has 4 rings (SSSR count). The number of rotatable bonds is 5. The number of aryl methyl sites for hydroxylation is 1. The molecule has 0 saturated carbocycles. The number of benzene rings is 2. The normalized spacial score (nSPS) is 16.6. The van der Waals surface area contributed by atoms with Gasteiger partial charge in [0.25, 0.3) is 5.91 Å². The lowest BCUT2D eigenvalue weighted by Crippen LogP contribution is -2.31. The third-order valence-corrected chi connectivity index (χ3v) is 5.13. The molecule has 1 atom stereocenters. The molecule has 1 aliphatic rings. The number of hydrogen-bond acceptors (Lipinski definition) is 3. The average Bonchev–Trinajstić information content (AvgIpc) is 3.25. The van der Waals surface area contributed by atoms with Gasteiger partial charge in [0.05, 0.1) is 22.9 Å². The summed E-state index contributed by atoms with van der Waals surface area (Å²) in [6.07, 6.45) is 3.20. The largest absolute Gasteiger partial charge is 0.376 e. The lowest BCUT2D eigenvalue weighted by atomic mass is 10.0. The summed E-state index contributed by atoms with van der Waals surface area (Å²) in [5.74, 6) is -0.0736. The van der Waals surface area contributed by atoms with Crippen LogP contribution in [-0.4, -0.2) is 30.1 Å². The number of amides is 1. The van der Waals surface area contributed by atoms with Gasteiger partial charge >= 0.3 is 0 Å². The first-order valence-corrected chi connectivity index (χ1v) is 9.63. The van der Waals surface area contributed by atoms with E-state index in [0.29, 0.717) is 12.1 Å². The molecule has 0 spiro atoms. The van der Waals surface area contributed by atoms with Crippen LogP contribution in [0.25, 0.3) is 22.2 Å². The van der Waals surface area contributed by atoms with E-state index in [1.165, 1.54) is 5.56 Å². The first kappa shape index (κ1) is 17.7. The zero-order valence-electron chi connectivity index (χ0n) is 15.6. The van der Waals surface area contributed by atoms with Crippen molar-refractivity contribution in [3.8, 4) is 11.3 Å². The fraction of sp³-hybridized carbons (Fsp3) is 0.304. The van der Waals surface area contributed by atoms with Crippen LogP contribution in [-0.2, 0) is 11.2 Å². The summed E-state index contributed by atoms with van der Waals surface area (Å²) in [4.78, 5) is 17.7. The van der Waals surface area contributed by atoms with Crippen molar-refractivity contribution in [2.24, 2.45) is 0 Å². The first-order chi connectivity index (χ1) is 13.2. The molecule has 27 heavy (non-hydrogen) atoms. The number of carbonyl (C=O) groups excluding carboxylic acids is 1. The van der Waals surface area contributed by atoms with Gasteiger partial charge in [0, 0.05) is 24.1 Å². The van der Waals surface area contributed by atoms with Crippen molar-refractivity contribution < 1.29 is 9.53 Å². The maximum absolute atomic E-state index is 12.9. The molecule has 3 aromatic rings. The number of nitrogens with one attached hydrogen (secondary N) is 1. The minimum Gasteiger partial charge on any atom is -0.376 e. The molecular weight excluding hydrogens is 336 g/mol. The van der Waals surface area contributed by atoms with E-state index in [1.54, 1.807) is 0 Å². The van der Waals surface area contributed by atoms with Crippen molar-refractivity contribution in [1.29, 1.82) is 0 Å². The summed E-state index contributed by atoms with van der Waals surface area (Å²) >= 11 is 0. The lowest BCUT2D eigenvalue weighted by molar-refractivity contribution is 0.0859. The second kappa shape index (κ2) is 7.89. The van der Waals surface area contributed by atoms with Gasteiger partial charge < -0.3 is 10.1 Å². The molecule has 138 valence electrons. The number of ether oxygens (including phenoxy) is 1. The summed E-state index contributed by atoms with van der Waals surface area (Å²) in [6.45, 7) is 3.48. The third-order valence-electron chi connectivity index (χ3n) is 5.13. The van der Waals surface area contributed by atoms with Gasteiger partial charge in [0.1, 0.15) is 0 Å². The van der Waals surface area contributed by atoms with E-state index in [2.05, 4.69) is 36.5 Å². The van der Waals surface area contributed by atoms with Gasteiger partial charge in [-0.25, -0.2) is 4.98 Å². The number of aromatic nitrogens is 1. The van der Waals surface area contributed by atoms with Crippen molar-refractivity contribution in [3.63, 3.8) is 0 Å². The molecule has 0 aliphatic carbocycles. The van der Waals surface area contributed by atoms with Crippen LogP contribution in [0.1, 0.15) is 35.7 Å². The Morgan fingerprint density at radius 2 is 2.00 bits per heavy atom. The highest BCUT2D eigenvalue weighted by Crippen LogP contribution is 2.25. The molecule has 1 amide bonds. The van der Waals surface area contributed by atoms with Gasteiger partial charge in [0.15, 0.2) is 0 Å².